The first-order valence-corrected chi connectivity index (χ1v) is 9.04. The Hall–Kier alpha value is -1.92. The number of benzene rings is 1. The monoisotopic (exact) mass is 355 g/mol. The maximum atomic E-state index is 14.6. The fourth-order valence-corrected chi connectivity index (χ4v) is 2.95. The van der Waals surface area contributed by atoms with Gasteiger partial charge in [-0.3, -0.25) is 4.98 Å². The second-order valence-corrected chi connectivity index (χ2v) is 8.07. The van der Waals surface area contributed by atoms with Gasteiger partial charge >= 0.3 is 7.12 Å². The lowest BCUT2D eigenvalue weighted by molar-refractivity contribution is 0.00578. The molecule has 1 saturated carbocycles. The van der Waals surface area contributed by atoms with Crippen LogP contribution in [-0.2, 0) is 9.31 Å². The van der Waals surface area contributed by atoms with Gasteiger partial charge in [0.05, 0.1) is 11.2 Å². The van der Waals surface area contributed by atoms with Gasteiger partial charge in [-0.25, -0.2) is 4.39 Å². The second kappa shape index (κ2) is 6.07. The predicted molar refractivity (Wildman–Crippen MR) is 98.4 cm³/mol. The number of hydrogen-bond acceptors (Lipinski definition) is 4. The Morgan fingerprint density at radius 2 is 1.77 bits per heavy atom. The van der Waals surface area contributed by atoms with E-state index in [9.17, 15) is 4.39 Å². The molecule has 0 atom stereocenters. The summed E-state index contributed by atoms with van der Waals surface area (Å²) in [5.74, 6) is 0.860. The minimum atomic E-state index is -0.592. The number of halogens is 1. The number of rotatable bonds is 4. The first-order chi connectivity index (χ1) is 12.2. The van der Waals surface area contributed by atoms with Crippen LogP contribution in [0.15, 0.2) is 36.5 Å². The highest BCUT2D eigenvalue weighted by atomic mass is 19.1. The average Bonchev–Trinajstić information content (AvgIpc) is 3.37. The van der Waals surface area contributed by atoms with Gasteiger partial charge < -0.3 is 14.0 Å². The van der Waals surface area contributed by atoms with Crippen LogP contribution in [-0.4, -0.2) is 23.3 Å². The SMILES string of the molecule is CC1(C)OB(c2ccc(Oc3ccnc(C4CC4)c3)c(F)c2)OC1(C)C. The van der Waals surface area contributed by atoms with Gasteiger partial charge in [0.25, 0.3) is 0 Å². The molecule has 2 aliphatic rings. The molecule has 0 unspecified atom stereocenters. The molecule has 1 aromatic heterocycles. The summed E-state index contributed by atoms with van der Waals surface area (Å²) in [5, 5.41) is 0. The van der Waals surface area contributed by atoms with Crippen LogP contribution in [0.2, 0.25) is 0 Å². The molecular formula is C20H23BFNO3. The summed E-state index contributed by atoms with van der Waals surface area (Å²) >= 11 is 0. The molecule has 1 saturated heterocycles. The van der Waals surface area contributed by atoms with Crippen molar-refractivity contribution in [2.24, 2.45) is 0 Å². The lowest BCUT2D eigenvalue weighted by atomic mass is 9.79. The summed E-state index contributed by atoms with van der Waals surface area (Å²) in [4.78, 5) is 4.35. The van der Waals surface area contributed by atoms with Gasteiger partial charge in [0.2, 0.25) is 0 Å². The Balaban J connectivity index is 1.52. The summed E-state index contributed by atoms with van der Waals surface area (Å²) in [6, 6.07) is 8.45. The Labute approximate surface area is 153 Å². The van der Waals surface area contributed by atoms with Crippen molar-refractivity contribution < 1.29 is 18.4 Å². The number of ether oxygens (including phenoxy) is 1. The van der Waals surface area contributed by atoms with E-state index in [0.29, 0.717) is 17.1 Å². The topological polar surface area (TPSA) is 40.6 Å². The van der Waals surface area contributed by atoms with Crippen LogP contribution in [0.3, 0.4) is 0 Å². The van der Waals surface area contributed by atoms with Crippen molar-refractivity contribution >= 4 is 12.6 Å². The van der Waals surface area contributed by atoms with Crippen molar-refractivity contribution in [2.45, 2.75) is 57.7 Å². The third-order valence-electron chi connectivity index (χ3n) is 5.46. The molecular weight excluding hydrogens is 332 g/mol. The molecule has 6 heteroatoms. The summed E-state index contributed by atoms with van der Waals surface area (Å²) < 4.78 is 32.3. The minimum Gasteiger partial charge on any atom is -0.454 e. The maximum Gasteiger partial charge on any atom is 0.494 e. The molecule has 1 aromatic carbocycles. The Morgan fingerprint density at radius 3 is 2.38 bits per heavy atom. The van der Waals surface area contributed by atoms with E-state index in [2.05, 4.69) is 4.98 Å². The van der Waals surface area contributed by atoms with E-state index in [1.165, 1.54) is 6.07 Å². The van der Waals surface area contributed by atoms with Crippen molar-refractivity contribution in [3.05, 3.63) is 48.0 Å². The van der Waals surface area contributed by atoms with Gasteiger partial charge in [0, 0.05) is 23.9 Å². The molecule has 0 radical (unpaired) electrons. The van der Waals surface area contributed by atoms with E-state index in [1.807, 2.05) is 33.8 Å². The van der Waals surface area contributed by atoms with Crippen molar-refractivity contribution in [3.8, 4) is 11.5 Å². The first-order valence-electron chi connectivity index (χ1n) is 9.04. The van der Waals surface area contributed by atoms with Crippen LogP contribution in [0.1, 0.15) is 52.1 Å². The van der Waals surface area contributed by atoms with E-state index in [1.54, 1.807) is 24.4 Å². The zero-order valence-corrected chi connectivity index (χ0v) is 15.6. The molecule has 4 rings (SSSR count). The van der Waals surface area contributed by atoms with Crippen LogP contribution < -0.4 is 10.2 Å². The van der Waals surface area contributed by atoms with Crippen molar-refractivity contribution in [1.82, 2.24) is 4.98 Å². The van der Waals surface area contributed by atoms with Crippen LogP contribution in [0.5, 0.6) is 11.5 Å². The third kappa shape index (κ3) is 3.24. The molecule has 0 bridgehead atoms. The summed E-state index contributed by atoms with van der Waals surface area (Å²) in [7, 11) is -0.592. The fraction of sp³-hybridized carbons (Fsp3) is 0.450. The molecule has 26 heavy (non-hydrogen) atoms. The van der Waals surface area contributed by atoms with E-state index in [0.717, 1.165) is 18.5 Å². The fourth-order valence-electron chi connectivity index (χ4n) is 2.95. The highest BCUT2D eigenvalue weighted by molar-refractivity contribution is 6.62. The van der Waals surface area contributed by atoms with Crippen LogP contribution in [0, 0.1) is 5.82 Å². The molecule has 0 amide bonds. The van der Waals surface area contributed by atoms with Gasteiger partial charge in [-0.05, 0) is 64.2 Å². The van der Waals surface area contributed by atoms with Crippen molar-refractivity contribution in [3.63, 3.8) is 0 Å². The zero-order chi connectivity index (χ0) is 18.5. The quantitative estimate of drug-likeness (QED) is 0.771. The molecule has 136 valence electrons. The Bertz CT molecular complexity index is 820. The zero-order valence-electron chi connectivity index (χ0n) is 15.6. The smallest absolute Gasteiger partial charge is 0.454 e. The Kier molecular flexibility index (Phi) is 4.08. The van der Waals surface area contributed by atoms with Gasteiger partial charge in [-0.15, -0.1) is 0 Å². The first kappa shape index (κ1) is 17.5. The van der Waals surface area contributed by atoms with Gasteiger partial charge in [-0.2, -0.15) is 0 Å². The summed E-state index contributed by atoms with van der Waals surface area (Å²) in [6.07, 6.45) is 4.03. The molecule has 0 spiro atoms. The third-order valence-corrected chi connectivity index (χ3v) is 5.46. The van der Waals surface area contributed by atoms with Crippen LogP contribution in [0.25, 0.3) is 0 Å². The molecule has 1 aliphatic heterocycles. The molecule has 4 nitrogen and oxygen atoms in total. The van der Waals surface area contributed by atoms with Gasteiger partial charge in [0.15, 0.2) is 11.6 Å². The maximum absolute atomic E-state index is 14.6. The van der Waals surface area contributed by atoms with Crippen LogP contribution in [0.4, 0.5) is 4.39 Å². The number of nitrogens with zero attached hydrogens (tertiary/aromatic N) is 1. The van der Waals surface area contributed by atoms with E-state index in [-0.39, 0.29) is 5.75 Å². The summed E-state index contributed by atoms with van der Waals surface area (Å²) in [5.41, 5.74) is 0.734. The minimum absolute atomic E-state index is 0.179. The molecule has 2 aromatic rings. The molecule has 0 N–H and O–H groups in total. The van der Waals surface area contributed by atoms with Crippen molar-refractivity contribution in [2.75, 3.05) is 0 Å². The molecule has 2 heterocycles. The molecule has 1 aliphatic carbocycles. The standard InChI is InChI=1S/C20H23BFNO3/c1-19(2)20(3,4)26-21(25-19)14-7-8-18(16(22)11-14)24-15-9-10-23-17(12-15)13-5-6-13/h7-13H,5-6H2,1-4H3. The molecule has 2 fully saturated rings. The number of hydrogen-bond donors (Lipinski definition) is 0. The van der Waals surface area contributed by atoms with Crippen molar-refractivity contribution in [1.29, 1.82) is 0 Å². The Morgan fingerprint density at radius 1 is 1.08 bits per heavy atom. The second-order valence-electron chi connectivity index (χ2n) is 8.07. The van der Waals surface area contributed by atoms with Gasteiger partial charge in [-0.1, -0.05) is 6.07 Å². The normalized spacial score (nSPS) is 21.0. The lowest BCUT2D eigenvalue weighted by Gasteiger charge is -2.32. The van der Waals surface area contributed by atoms with E-state index in [4.69, 9.17) is 14.0 Å². The summed E-state index contributed by atoms with van der Waals surface area (Å²) in [6.45, 7) is 7.90. The number of aromatic nitrogens is 1. The van der Waals surface area contributed by atoms with Crippen LogP contribution >= 0.6 is 0 Å². The van der Waals surface area contributed by atoms with E-state index < -0.39 is 24.1 Å². The van der Waals surface area contributed by atoms with E-state index >= 15 is 0 Å². The lowest BCUT2D eigenvalue weighted by Crippen LogP contribution is -2.41. The predicted octanol–water partition coefficient (Wildman–Crippen LogP) is 4.19. The highest BCUT2D eigenvalue weighted by Gasteiger charge is 2.51. The average molecular weight is 355 g/mol. The highest BCUT2D eigenvalue weighted by Crippen LogP contribution is 2.40. The van der Waals surface area contributed by atoms with Gasteiger partial charge in [0.1, 0.15) is 5.75 Å². The number of pyridine rings is 1. The largest absolute Gasteiger partial charge is 0.494 e.